The molecule has 0 aliphatic rings. The Hall–Kier alpha value is -1.60. The van der Waals surface area contributed by atoms with Crippen LogP contribution in [0.4, 0.5) is 5.69 Å². The Kier molecular flexibility index (Phi) is 4.08. The zero-order valence-corrected chi connectivity index (χ0v) is 11.4. The molecule has 0 fully saturated rings. The summed E-state index contributed by atoms with van der Waals surface area (Å²) in [4.78, 5) is 11.4. The first-order valence-corrected chi connectivity index (χ1v) is 7.88. The minimum absolute atomic E-state index is 0.379. The van der Waals surface area contributed by atoms with Gasteiger partial charge in [0.2, 0.25) is 0 Å². The van der Waals surface area contributed by atoms with Gasteiger partial charge in [-0.15, -0.1) is 0 Å². The summed E-state index contributed by atoms with van der Waals surface area (Å²) < 4.78 is 4.65. The number of esters is 1. The van der Waals surface area contributed by atoms with Gasteiger partial charge in [-0.3, -0.25) is 0 Å². The largest absolute Gasteiger partial charge is 0.465 e. The summed E-state index contributed by atoms with van der Waals surface area (Å²) in [5.41, 5.74) is 7.54. The van der Waals surface area contributed by atoms with Crippen molar-refractivity contribution < 1.29 is 9.53 Å². The lowest BCUT2D eigenvalue weighted by molar-refractivity contribution is 0.0600. The summed E-state index contributed by atoms with van der Waals surface area (Å²) in [5, 5.41) is 3.16. The van der Waals surface area contributed by atoms with E-state index in [0.717, 1.165) is 0 Å². The number of hydrogen-bond acceptors (Lipinski definition) is 3. The highest BCUT2D eigenvalue weighted by molar-refractivity contribution is 8.35. The molecule has 1 aromatic rings. The van der Waals surface area contributed by atoms with E-state index in [9.17, 15) is 4.79 Å². The van der Waals surface area contributed by atoms with Gasteiger partial charge in [-0.25, -0.2) is 4.79 Å². The molecule has 1 rings (SSSR count). The number of rotatable bonds is 1. The zero-order chi connectivity index (χ0) is 13.1. The van der Waals surface area contributed by atoms with E-state index in [0.29, 0.717) is 16.8 Å². The maximum Gasteiger partial charge on any atom is 0.337 e. The van der Waals surface area contributed by atoms with E-state index in [-0.39, 0.29) is 5.97 Å². The van der Waals surface area contributed by atoms with Crippen LogP contribution in [0, 0.1) is 11.2 Å². The normalized spacial score (nSPS) is 11.3. The summed E-state index contributed by atoms with van der Waals surface area (Å²) in [7, 11) is 0.440. The van der Waals surface area contributed by atoms with Gasteiger partial charge in [0, 0.05) is 11.3 Å². The van der Waals surface area contributed by atoms with Crippen molar-refractivity contribution in [1.82, 2.24) is 0 Å². The molecular weight excluding hydrogens is 234 g/mol. The van der Waals surface area contributed by atoms with Crippen LogP contribution < -0.4 is 5.73 Å². The summed E-state index contributed by atoms with van der Waals surface area (Å²) in [6.45, 7) is 0. The molecular formula is C13H17NO2S. The molecule has 0 saturated heterocycles. The van der Waals surface area contributed by atoms with Gasteiger partial charge in [-0.05, 0) is 42.2 Å². The maximum atomic E-state index is 11.4. The Morgan fingerprint density at radius 1 is 1.35 bits per heavy atom. The molecule has 4 heteroatoms. The van der Waals surface area contributed by atoms with Gasteiger partial charge in [0.15, 0.2) is 0 Å². The lowest BCUT2D eigenvalue weighted by atomic mass is 10.1. The number of hydrogen-bond donors (Lipinski definition) is 1. The van der Waals surface area contributed by atoms with E-state index in [4.69, 9.17) is 5.73 Å². The minimum atomic E-state index is -0.911. The van der Waals surface area contributed by atoms with E-state index in [2.05, 4.69) is 34.7 Å². The molecule has 0 aliphatic carbocycles. The second-order valence-corrected chi connectivity index (χ2v) is 8.24. The number of anilines is 1. The molecule has 1 aromatic carbocycles. The summed E-state index contributed by atoms with van der Waals surface area (Å²) >= 11 is 0. The molecule has 2 N–H and O–H groups in total. The van der Waals surface area contributed by atoms with Gasteiger partial charge >= 0.3 is 5.97 Å². The van der Waals surface area contributed by atoms with Crippen molar-refractivity contribution in [2.75, 3.05) is 31.6 Å². The van der Waals surface area contributed by atoms with Crippen molar-refractivity contribution in [2.45, 2.75) is 0 Å². The second kappa shape index (κ2) is 5.15. The van der Waals surface area contributed by atoms with E-state index in [1.165, 1.54) is 7.11 Å². The highest BCUT2D eigenvalue weighted by Crippen LogP contribution is 2.32. The first kappa shape index (κ1) is 13.5. The van der Waals surface area contributed by atoms with Gasteiger partial charge in [0.1, 0.15) is 0 Å². The predicted molar refractivity (Wildman–Crippen MR) is 74.4 cm³/mol. The molecule has 0 saturated carbocycles. The number of nitrogens with two attached hydrogens (primary N) is 1. The number of carbonyl (C=O) groups is 1. The Morgan fingerprint density at radius 3 is 2.53 bits per heavy atom. The third kappa shape index (κ3) is 4.04. The molecule has 3 nitrogen and oxygen atoms in total. The highest BCUT2D eigenvalue weighted by Gasteiger charge is 2.07. The van der Waals surface area contributed by atoms with Crippen LogP contribution in [0.25, 0.3) is 0 Å². The standard InChI is InChI=1S/C13H17NO2S/c1-16-13(15)11-5-6-12(14)10(9-11)7-8-17(2,3)4/h5-6,9H,14H2,1-4H3. The molecule has 0 radical (unpaired) electrons. The van der Waals surface area contributed by atoms with Crippen LogP contribution in [0.3, 0.4) is 0 Å². The van der Waals surface area contributed by atoms with Gasteiger partial charge in [-0.1, -0.05) is 5.92 Å². The summed E-state index contributed by atoms with van der Waals surface area (Å²) in [6.07, 6.45) is 6.29. The summed E-state index contributed by atoms with van der Waals surface area (Å²) in [5.74, 6) is 2.65. The first-order chi connectivity index (χ1) is 7.83. The van der Waals surface area contributed by atoms with Crippen molar-refractivity contribution in [1.29, 1.82) is 0 Å². The first-order valence-electron chi connectivity index (χ1n) is 5.02. The highest BCUT2D eigenvalue weighted by atomic mass is 32.3. The third-order valence-corrected chi connectivity index (χ3v) is 2.68. The summed E-state index contributed by atoms with van der Waals surface area (Å²) in [6, 6.07) is 4.98. The average Bonchev–Trinajstić information content (AvgIpc) is 2.26. The molecule has 0 unspecified atom stereocenters. The zero-order valence-electron chi connectivity index (χ0n) is 10.5. The fourth-order valence-corrected chi connectivity index (χ4v) is 1.53. The topological polar surface area (TPSA) is 52.3 Å². The predicted octanol–water partition coefficient (Wildman–Crippen LogP) is 2.06. The second-order valence-electron chi connectivity index (χ2n) is 4.36. The molecule has 0 atom stereocenters. The quantitative estimate of drug-likeness (QED) is 0.472. The van der Waals surface area contributed by atoms with Crippen molar-refractivity contribution in [3.8, 4) is 11.2 Å². The number of nitrogen functional groups attached to an aromatic ring is 1. The van der Waals surface area contributed by atoms with Gasteiger partial charge in [-0.2, -0.15) is 10.0 Å². The van der Waals surface area contributed by atoms with Crippen molar-refractivity contribution in [2.24, 2.45) is 0 Å². The van der Waals surface area contributed by atoms with Crippen LogP contribution in [0.15, 0.2) is 18.2 Å². The molecule has 0 aromatic heterocycles. The van der Waals surface area contributed by atoms with E-state index >= 15 is 0 Å². The Labute approximate surface area is 104 Å². The fourth-order valence-electron chi connectivity index (χ4n) is 1.12. The van der Waals surface area contributed by atoms with Crippen molar-refractivity contribution in [3.05, 3.63) is 29.3 Å². The molecule has 0 spiro atoms. The number of methoxy groups -OCH3 is 1. The van der Waals surface area contributed by atoms with Crippen LogP contribution in [0.2, 0.25) is 0 Å². The maximum absolute atomic E-state index is 11.4. The van der Waals surface area contributed by atoms with Crippen LogP contribution in [-0.2, 0) is 4.74 Å². The number of benzene rings is 1. The smallest absolute Gasteiger partial charge is 0.337 e. The third-order valence-electron chi connectivity index (χ3n) is 1.97. The molecule has 0 aliphatic heterocycles. The van der Waals surface area contributed by atoms with Crippen molar-refractivity contribution in [3.63, 3.8) is 0 Å². The average molecular weight is 251 g/mol. The Balaban J connectivity index is 3.14. The molecule has 0 amide bonds. The molecule has 92 valence electrons. The minimum Gasteiger partial charge on any atom is -0.465 e. The Bertz CT molecular complexity index is 492. The van der Waals surface area contributed by atoms with Crippen LogP contribution in [0.5, 0.6) is 0 Å². The van der Waals surface area contributed by atoms with Crippen LogP contribution >= 0.6 is 10.0 Å². The lowest BCUT2D eigenvalue weighted by Crippen LogP contribution is -2.02. The molecule has 17 heavy (non-hydrogen) atoms. The van der Waals surface area contributed by atoms with Crippen LogP contribution in [-0.4, -0.2) is 31.8 Å². The van der Waals surface area contributed by atoms with Gasteiger partial charge in [0.05, 0.1) is 12.7 Å². The SMILES string of the molecule is COC(=O)c1ccc(N)c(C#CS(C)(C)C)c1. The number of carbonyl (C=O) groups excluding carboxylic acids is 1. The monoisotopic (exact) mass is 251 g/mol. The molecule has 0 heterocycles. The number of ether oxygens (including phenoxy) is 1. The van der Waals surface area contributed by atoms with Crippen molar-refractivity contribution >= 4 is 21.7 Å². The Morgan fingerprint density at radius 2 is 2.00 bits per heavy atom. The van der Waals surface area contributed by atoms with E-state index < -0.39 is 10.0 Å². The lowest BCUT2D eigenvalue weighted by Gasteiger charge is -2.15. The van der Waals surface area contributed by atoms with E-state index in [1.54, 1.807) is 18.2 Å². The fraction of sp³-hybridized carbons (Fsp3) is 0.308. The molecule has 0 bridgehead atoms. The van der Waals surface area contributed by atoms with Crippen LogP contribution in [0.1, 0.15) is 15.9 Å². The van der Waals surface area contributed by atoms with Gasteiger partial charge < -0.3 is 10.5 Å². The van der Waals surface area contributed by atoms with E-state index in [1.807, 2.05) is 0 Å². The van der Waals surface area contributed by atoms with Gasteiger partial charge in [0.25, 0.3) is 0 Å².